The second kappa shape index (κ2) is 6.23. The van der Waals surface area contributed by atoms with E-state index in [2.05, 4.69) is 4.72 Å². The van der Waals surface area contributed by atoms with Gasteiger partial charge < -0.3 is 9.47 Å². The van der Waals surface area contributed by atoms with E-state index in [4.69, 9.17) is 14.7 Å². The van der Waals surface area contributed by atoms with Crippen LogP contribution in [-0.4, -0.2) is 28.4 Å². The van der Waals surface area contributed by atoms with Crippen LogP contribution in [0.4, 0.5) is 0 Å². The van der Waals surface area contributed by atoms with Crippen molar-refractivity contribution in [3.8, 4) is 17.6 Å². The van der Waals surface area contributed by atoms with Gasteiger partial charge in [0.05, 0.1) is 20.3 Å². The van der Waals surface area contributed by atoms with Gasteiger partial charge in [-0.1, -0.05) is 6.07 Å². The van der Waals surface area contributed by atoms with Gasteiger partial charge in [-0.3, -0.25) is 0 Å². The summed E-state index contributed by atoms with van der Waals surface area (Å²) in [4.78, 5) is 0. The Balaban J connectivity index is 2.78. The molecular weight excluding hydrogens is 256 g/mol. The molecule has 1 N–H and O–H groups in total. The second-order valence-electron chi connectivity index (χ2n) is 3.43. The van der Waals surface area contributed by atoms with Crippen LogP contribution in [0.25, 0.3) is 0 Å². The first-order valence-electron chi connectivity index (χ1n) is 5.07. The third-order valence-corrected chi connectivity index (χ3v) is 3.29. The minimum absolute atomic E-state index is 0.102. The maximum absolute atomic E-state index is 11.3. The zero-order chi connectivity index (χ0) is 13.6. The van der Waals surface area contributed by atoms with Crippen molar-refractivity contribution in [2.75, 3.05) is 20.0 Å². The van der Waals surface area contributed by atoms with Crippen LogP contribution in [0.5, 0.6) is 11.5 Å². The van der Waals surface area contributed by atoms with E-state index in [0.29, 0.717) is 17.1 Å². The van der Waals surface area contributed by atoms with Crippen LogP contribution >= 0.6 is 0 Å². The fraction of sp³-hybridized carbons (Fsp3) is 0.364. The average molecular weight is 270 g/mol. The molecule has 0 amide bonds. The molecule has 0 aliphatic heterocycles. The Kier molecular flexibility index (Phi) is 4.95. The molecule has 1 aromatic carbocycles. The monoisotopic (exact) mass is 270 g/mol. The molecule has 0 saturated carbocycles. The predicted octanol–water partition coefficient (Wildman–Crippen LogP) is 0.647. The Morgan fingerprint density at radius 2 is 1.94 bits per heavy atom. The number of ether oxygens (including phenoxy) is 2. The standard InChI is InChI=1S/C11H14N2O4S/c1-16-10-4-3-9(7-11(10)17-2)8-13-18(14,15)6-5-12/h3-4,7,13H,6,8H2,1-2H3. The Labute approximate surface area is 106 Å². The third-order valence-electron chi connectivity index (χ3n) is 2.20. The topological polar surface area (TPSA) is 88.4 Å². The molecule has 0 radical (unpaired) electrons. The first-order chi connectivity index (χ1) is 8.52. The van der Waals surface area contributed by atoms with Gasteiger partial charge >= 0.3 is 0 Å². The molecule has 0 aliphatic rings. The Bertz CT molecular complexity index is 549. The number of benzene rings is 1. The highest BCUT2D eigenvalue weighted by Gasteiger charge is 2.10. The van der Waals surface area contributed by atoms with Crippen molar-refractivity contribution >= 4 is 10.0 Å². The van der Waals surface area contributed by atoms with Crippen LogP contribution in [-0.2, 0) is 16.6 Å². The van der Waals surface area contributed by atoms with Crippen molar-refractivity contribution in [1.82, 2.24) is 4.72 Å². The number of hydrogen-bond donors (Lipinski definition) is 1. The van der Waals surface area contributed by atoms with E-state index in [1.165, 1.54) is 14.2 Å². The number of nitrogens with one attached hydrogen (secondary N) is 1. The third kappa shape index (κ3) is 3.91. The molecule has 6 nitrogen and oxygen atoms in total. The van der Waals surface area contributed by atoms with Gasteiger partial charge in [0.1, 0.15) is 0 Å². The minimum atomic E-state index is -3.55. The van der Waals surface area contributed by atoms with Gasteiger partial charge in [-0.15, -0.1) is 0 Å². The van der Waals surface area contributed by atoms with Crippen molar-refractivity contribution in [2.45, 2.75) is 6.54 Å². The van der Waals surface area contributed by atoms with Gasteiger partial charge in [0.25, 0.3) is 0 Å². The lowest BCUT2D eigenvalue weighted by Crippen LogP contribution is -2.25. The summed E-state index contributed by atoms with van der Waals surface area (Å²) in [7, 11) is -0.526. The lowest BCUT2D eigenvalue weighted by atomic mass is 10.2. The highest BCUT2D eigenvalue weighted by Crippen LogP contribution is 2.27. The molecule has 0 spiro atoms. The fourth-order valence-electron chi connectivity index (χ4n) is 1.32. The first-order valence-corrected chi connectivity index (χ1v) is 6.73. The Hall–Kier alpha value is -1.78. The summed E-state index contributed by atoms with van der Waals surface area (Å²) in [5.74, 6) is 0.538. The van der Waals surface area contributed by atoms with Crippen LogP contribution in [0.2, 0.25) is 0 Å². The number of nitriles is 1. The van der Waals surface area contributed by atoms with Crippen molar-refractivity contribution in [3.05, 3.63) is 23.8 Å². The first kappa shape index (κ1) is 14.3. The van der Waals surface area contributed by atoms with Crippen LogP contribution in [0.1, 0.15) is 5.56 Å². The van der Waals surface area contributed by atoms with Gasteiger partial charge in [0.2, 0.25) is 10.0 Å². The van der Waals surface area contributed by atoms with E-state index in [-0.39, 0.29) is 6.54 Å². The highest BCUT2D eigenvalue weighted by molar-refractivity contribution is 7.89. The molecule has 1 rings (SSSR count). The minimum Gasteiger partial charge on any atom is -0.493 e. The SMILES string of the molecule is COc1ccc(CNS(=O)(=O)CC#N)cc1OC. The van der Waals surface area contributed by atoms with Crippen molar-refractivity contribution in [3.63, 3.8) is 0 Å². The van der Waals surface area contributed by atoms with E-state index in [1.54, 1.807) is 24.3 Å². The zero-order valence-electron chi connectivity index (χ0n) is 10.1. The number of methoxy groups -OCH3 is 2. The van der Waals surface area contributed by atoms with Gasteiger partial charge in [-0.25, -0.2) is 13.1 Å². The second-order valence-corrected chi connectivity index (χ2v) is 5.23. The van der Waals surface area contributed by atoms with Crippen LogP contribution in [0.3, 0.4) is 0 Å². The van der Waals surface area contributed by atoms with E-state index in [1.807, 2.05) is 0 Å². The average Bonchev–Trinajstić information content (AvgIpc) is 2.36. The molecule has 7 heteroatoms. The molecule has 0 heterocycles. The zero-order valence-corrected chi connectivity index (χ0v) is 11.0. The summed E-state index contributed by atoms with van der Waals surface area (Å²) in [5, 5.41) is 8.34. The number of sulfonamides is 1. The van der Waals surface area contributed by atoms with Crippen LogP contribution < -0.4 is 14.2 Å². The molecule has 18 heavy (non-hydrogen) atoms. The number of hydrogen-bond acceptors (Lipinski definition) is 5. The summed E-state index contributed by atoms with van der Waals surface area (Å²) >= 11 is 0. The van der Waals surface area contributed by atoms with Crippen molar-refractivity contribution < 1.29 is 17.9 Å². The Morgan fingerprint density at radius 3 is 2.50 bits per heavy atom. The summed E-state index contributed by atoms with van der Waals surface area (Å²) in [6, 6.07) is 6.67. The molecule has 0 atom stereocenters. The number of nitrogens with zero attached hydrogens (tertiary/aromatic N) is 1. The van der Waals surface area contributed by atoms with Gasteiger partial charge in [0, 0.05) is 6.54 Å². The van der Waals surface area contributed by atoms with Gasteiger partial charge in [-0.05, 0) is 17.7 Å². The molecule has 0 aliphatic carbocycles. The summed E-state index contributed by atoms with van der Waals surface area (Å²) in [6.45, 7) is 0.102. The summed E-state index contributed by atoms with van der Waals surface area (Å²) in [6.07, 6.45) is 0. The Morgan fingerprint density at radius 1 is 1.28 bits per heavy atom. The lowest BCUT2D eigenvalue weighted by molar-refractivity contribution is 0.354. The maximum atomic E-state index is 11.3. The fourth-order valence-corrected chi connectivity index (χ4v) is 1.98. The van der Waals surface area contributed by atoms with Gasteiger partial charge in [0.15, 0.2) is 17.3 Å². The maximum Gasteiger partial charge on any atom is 0.225 e. The molecule has 0 saturated heterocycles. The normalized spacial score (nSPS) is 10.7. The molecule has 0 unspecified atom stereocenters. The molecule has 0 aromatic heterocycles. The number of rotatable bonds is 6. The smallest absolute Gasteiger partial charge is 0.225 e. The van der Waals surface area contributed by atoms with E-state index in [0.717, 1.165) is 0 Å². The largest absolute Gasteiger partial charge is 0.493 e. The molecule has 0 fully saturated rings. The summed E-state index contributed by atoms with van der Waals surface area (Å²) < 4.78 is 35.1. The molecule has 1 aromatic rings. The molecule has 98 valence electrons. The van der Waals surface area contributed by atoms with Crippen molar-refractivity contribution in [1.29, 1.82) is 5.26 Å². The van der Waals surface area contributed by atoms with E-state index < -0.39 is 15.8 Å². The van der Waals surface area contributed by atoms with Gasteiger partial charge in [-0.2, -0.15) is 5.26 Å². The highest BCUT2D eigenvalue weighted by atomic mass is 32.2. The van der Waals surface area contributed by atoms with E-state index in [9.17, 15) is 8.42 Å². The molecular formula is C11H14N2O4S. The van der Waals surface area contributed by atoms with Crippen molar-refractivity contribution in [2.24, 2.45) is 0 Å². The molecule has 0 bridgehead atoms. The predicted molar refractivity (Wildman–Crippen MR) is 65.8 cm³/mol. The quantitative estimate of drug-likeness (QED) is 0.819. The lowest BCUT2D eigenvalue weighted by Gasteiger charge is -2.09. The summed E-state index contributed by atoms with van der Waals surface area (Å²) in [5.41, 5.74) is 0.717. The van der Waals surface area contributed by atoms with Crippen LogP contribution in [0.15, 0.2) is 18.2 Å². The van der Waals surface area contributed by atoms with Crippen LogP contribution in [0, 0.1) is 11.3 Å². The van der Waals surface area contributed by atoms with E-state index >= 15 is 0 Å².